The Bertz CT molecular complexity index is 882. The van der Waals surface area contributed by atoms with Crippen LogP contribution in [0.5, 0.6) is 0 Å². The minimum Gasteiger partial charge on any atom is -0.305 e. The summed E-state index contributed by atoms with van der Waals surface area (Å²) >= 11 is 1.22. The maximum atomic E-state index is 13.5. The first-order chi connectivity index (χ1) is 11.3. The zero-order valence-electron chi connectivity index (χ0n) is 12.7. The third-order valence-electron chi connectivity index (χ3n) is 3.51. The molecular formula is C14H15FN4O3S2. The van der Waals surface area contributed by atoms with Crippen molar-refractivity contribution in [3.63, 3.8) is 0 Å². The molecule has 10 heteroatoms. The zero-order valence-corrected chi connectivity index (χ0v) is 14.4. The number of fused-ring (bicyclic) bond motifs is 1. The normalized spacial score (nSPS) is 14.9. The Morgan fingerprint density at radius 2 is 2.08 bits per heavy atom. The van der Waals surface area contributed by atoms with E-state index in [-0.39, 0.29) is 12.2 Å². The molecule has 7 nitrogen and oxygen atoms in total. The van der Waals surface area contributed by atoms with Gasteiger partial charge < -0.3 is 5.32 Å². The lowest BCUT2D eigenvalue weighted by atomic mass is 10.2. The van der Waals surface area contributed by atoms with Crippen molar-refractivity contribution >= 4 is 38.2 Å². The highest BCUT2D eigenvalue weighted by atomic mass is 32.2. The molecule has 0 unspecified atom stereocenters. The third kappa shape index (κ3) is 3.71. The summed E-state index contributed by atoms with van der Waals surface area (Å²) in [5.41, 5.74) is 0.848. The molecule has 0 spiro atoms. The van der Waals surface area contributed by atoms with E-state index in [0.717, 1.165) is 10.6 Å². The van der Waals surface area contributed by atoms with E-state index in [0.29, 0.717) is 18.1 Å². The van der Waals surface area contributed by atoms with Gasteiger partial charge in [0.25, 0.3) is 0 Å². The predicted octanol–water partition coefficient (Wildman–Crippen LogP) is 2.24. The second kappa shape index (κ2) is 6.46. The number of urea groups is 1. The van der Waals surface area contributed by atoms with Crippen LogP contribution < -0.4 is 10.6 Å². The summed E-state index contributed by atoms with van der Waals surface area (Å²) in [5.74, 6) is -0.533. The highest BCUT2D eigenvalue weighted by Crippen LogP contribution is 2.29. The Hall–Kier alpha value is -2.04. The highest BCUT2D eigenvalue weighted by Gasteiger charge is 2.26. The van der Waals surface area contributed by atoms with Gasteiger partial charge in [-0.25, -0.2) is 22.6 Å². The molecule has 0 aliphatic carbocycles. The van der Waals surface area contributed by atoms with Crippen molar-refractivity contribution in [2.24, 2.45) is 0 Å². The van der Waals surface area contributed by atoms with Gasteiger partial charge in [0.1, 0.15) is 5.82 Å². The van der Waals surface area contributed by atoms with Gasteiger partial charge in [0.2, 0.25) is 10.0 Å². The van der Waals surface area contributed by atoms with Crippen LogP contribution in [0.25, 0.3) is 0 Å². The molecular weight excluding hydrogens is 355 g/mol. The van der Waals surface area contributed by atoms with Crippen molar-refractivity contribution in [3.8, 4) is 0 Å². The van der Waals surface area contributed by atoms with Crippen LogP contribution in [0.3, 0.4) is 0 Å². The van der Waals surface area contributed by atoms with Crippen molar-refractivity contribution in [2.45, 2.75) is 13.0 Å². The molecule has 1 aromatic heterocycles. The first-order valence-corrected chi connectivity index (χ1v) is 9.75. The van der Waals surface area contributed by atoms with Crippen LogP contribution in [0, 0.1) is 5.82 Å². The number of thiazole rings is 1. The number of halogens is 1. The summed E-state index contributed by atoms with van der Waals surface area (Å²) in [4.78, 5) is 17.0. The van der Waals surface area contributed by atoms with Gasteiger partial charge in [-0.1, -0.05) is 23.5 Å². The first kappa shape index (κ1) is 16.8. The van der Waals surface area contributed by atoms with Crippen LogP contribution in [0.4, 0.5) is 20.0 Å². The van der Waals surface area contributed by atoms with E-state index >= 15 is 0 Å². The van der Waals surface area contributed by atoms with E-state index in [4.69, 9.17) is 0 Å². The Morgan fingerprint density at radius 3 is 2.79 bits per heavy atom. The van der Waals surface area contributed by atoms with E-state index in [1.165, 1.54) is 40.1 Å². The standard InChI is InChI=1S/C14H15FN4O3S2/c1-24(21,22)19-7-6-11-12(8-19)23-14(17-11)18-13(20)16-10-5-3-2-4-9(10)15/h2-5H,6-8H2,1H3,(H2,16,17,18,20). The van der Waals surface area contributed by atoms with Crippen LogP contribution >= 0.6 is 11.3 Å². The molecule has 2 heterocycles. The summed E-state index contributed by atoms with van der Waals surface area (Å²) in [7, 11) is -3.26. The topological polar surface area (TPSA) is 91.4 Å². The van der Waals surface area contributed by atoms with Crippen molar-refractivity contribution in [2.75, 3.05) is 23.4 Å². The van der Waals surface area contributed by atoms with Gasteiger partial charge in [-0.3, -0.25) is 5.32 Å². The molecule has 3 rings (SSSR count). The van der Waals surface area contributed by atoms with Gasteiger partial charge in [0.15, 0.2) is 5.13 Å². The van der Waals surface area contributed by atoms with Crippen molar-refractivity contribution < 1.29 is 17.6 Å². The van der Waals surface area contributed by atoms with Crippen LogP contribution in [-0.4, -0.2) is 36.5 Å². The van der Waals surface area contributed by atoms with Crippen molar-refractivity contribution in [3.05, 3.63) is 40.7 Å². The number of nitrogens with one attached hydrogen (secondary N) is 2. The Labute approximate surface area is 142 Å². The highest BCUT2D eigenvalue weighted by molar-refractivity contribution is 7.88. The van der Waals surface area contributed by atoms with E-state index in [2.05, 4.69) is 15.6 Å². The maximum absolute atomic E-state index is 13.5. The molecule has 2 aromatic rings. The number of hydrogen-bond acceptors (Lipinski definition) is 5. The minimum atomic E-state index is -3.26. The van der Waals surface area contributed by atoms with Crippen LogP contribution in [0.1, 0.15) is 10.6 Å². The van der Waals surface area contributed by atoms with Gasteiger partial charge in [-0.15, -0.1) is 0 Å². The number of carbonyl (C=O) groups excluding carboxylic acids is 1. The largest absolute Gasteiger partial charge is 0.325 e. The van der Waals surface area contributed by atoms with E-state index in [1.807, 2.05) is 0 Å². The molecule has 0 bridgehead atoms. The molecule has 1 aliphatic heterocycles. The molecule has 2 N–H and O–H groups in total. The molecule has 0 radical (unpaired) electrons. The van der Waals surface area contributed by atoms with Gasteiger partial charge in [-0.05, 0) is 12.1 Å². The minimum absolute atomic E-state index is 0.0690. The average molecular weight is 370 g/mol. The van der Waals surface area contributed by atoms with Crippen LogP contribution in [0.15, 0.2) is 24.3 Å². The van der Waals surface area contributed by atoms with E-state index < -0.39 is 21.9 Å². The van der Waals surface area contributed by atoms with Gasteiger partial charge in [-0.2, -0.15) is 4.31 Å². The van der Waals surface area contributed by atoms with Crippen LogP contribution in [0.2, 0.25) is 0 Å². The monoisotopic (exact) mass is 370 g/mol. The summed E-state index contributed by atoms with van der Waals surface area (Å²) in [6, 6.07) is 5.23. The Kier molecular flexibility index (Phi) is 4.52. The molecule has 1 aromatic carbocycles. The second-order valence-corrected chi connectivity index (χ2v) is 8.36. The number of rotatable bonds is 3. The Balaban J connectivity index is 1.68. The SMILES string of the molecule is CS(=O)(=O)N1CCc2nc(NC(=O)Nc3ccccc3F)sc2C1. The number of aromatic nitrogens is 1. The van der Waals surface area contributed by atoms with Crippen molar-refractivity contribution in [1.82, 2.24) is 9.29 Å². The number of sulfonamides is 1. The van der Waals surface area contributed by atoms with Crippen molar-refractivity contribution in [1.29, 1.82) is 0 Å². The number of carbonyl (C=O) groups is 1. The molecule has 0 atom stereocenters. The summed E-state index contributed by atoms with van der Waals surface area (Å²) in [6.07, 6.45) is 1.66. The fourth-order valence-corrected chi connectivity index (χ4v) is 4.21. The maximum Gasteiger partial charge on any atom is 0.325 e. The number of benzene rings is 1. The van der Waals surface area contributed by atoms with Gasteiger partial charge >= 0.3 is 6.03 Å². The van der Waals surface area contributed by atoms with Gasteiger partial charge in [0.05, 0.1) is 17.6 Å². The fourth-order valence-electron chi connectivity index (χ4n) is 2.32. The Morgan fingerprint density at radius 1 is 1.33 bits per heavy atom. The molecule has 2 amide bonds. The smallest absolute Gasteiger partial charge is 0.305 e. The molecule has 0 saturated heterocycles. The summed E-state index contributed by atoms with van der Waals surface area (Å²) < 4.78 is 38.1. The zero-order chi connectivity index (χ0) is 17.3. The average Bonchev–Trinajstić information content (AvgIpc) is 2.89. The predicted molar refractivity (Wildman–Crippen MR) is 90.1 cm³/mol. The van der Waals surface area contributed by atoms with E-state index in [1.54, 1.807) is 6.07 Å². The quantitative estimate of drug-likeness (QED) is 0.867. The summed E-state index contributed by atoms with van der Waals surface area (Å²) in [5, 5.41) is 5.31. The number of hydrogen-bond donors (Lipinski definition) is 2. The first-order valence-electron chi connectivity index (χ1n) is 7.09. The number of amides is 2. The lowest BCUT2D eigenvalue weighted by Gasteiger charge is -2.23. The molecule has 1 aliphatic rings. The van der Waals surface area contributed by atoms with E-state index in [9.17, 15) is 17.6 Å². The summed E-state index contributed by atoms with van der Waals surface area (Å²) in [6.45, 7) is 0.624. The third-order valence-corrected chi connectivity index (χ3v) is 5.76. The molecule has 24 heavy (non-hydrogen) atoms. The lowest BCUT2D eigenvalue weighted by Crippen LogP contribution is -2.34. The number of anilines is 2. The number of nitrogens with zero attached hydrogens (tertiary/aromatic N) is 2. The van der Waals surface area contributed by atoms with Crippen LogP contribution in [-0.2, 0) is 23.0 Å². The molecule has 128 valence electrons. The number of para-hydroxylation sites is 1. The lowest BCUT2D eigenvalue weighted by molar-refractivity contribution is 0.262. The fraction of sp³-hybridized carbons (Fsp3) is 0.286. The second-order valence-electron chi connectivity index (χ2n) is 5.29. The molecule has 0 fully saturated rings. The molecule has 0 saturated carbocycles. The van der Waals surface area contributed by atoms with Gasteiger partial charge in [0, 0.05) is 24.4 Å².